The fourth-order valence-corrected chi connectivity index (χ4v) is 0.996. The monoisotopic (exact) mass is 191 g/mol. The average molecular weight is 191 g/mol. The van der Waals surface area contributed by atoms with Crippen LogP contribution in [-0.4, -0.2) is 51.2 Å². The molecular formula is C9H21NO3. The minimum Gasteiger partial charge on any atom is -0.395 e. The Morgan fingerprint density at radius 3 is 2.69 bits per heavy atom. The van der Waals surface area contributed by atoms with Gasteiger partial charge in [-0.25, -0.2) is 0 Å². The van der Waals surface area contributed by atoms with Crippen LogP contribution in [0.15, 0.2) is 0 Å². The smallest absolute Gasteiger partial charge is 0.0642 e. The molecule has 0 bridgehead atoms. The Balaban J connectivity index is 3.17. The van der Waals surface area contributed by atoms with E-state index in [-0.39, 0.29) is 12.6 Å². The summed E-state index contributed by atoms with van der Waals surface area (Å²) < 4.78 is 10.2. The molecule has 0 aliphatic heterocycles. The first-order valence-corrected chi connectivity index (χ1v) is 4.76. The van der Waals surface area contributed by atoms with Gasteiger partial charge in [-0.1, -0.05) is 6.92 Å². The molecule has 4 heteroatoms. The Morgan fingerprint density at radius 1 is 1.38 bits per heavy atom. The summed E-state index contributed by atoms with van der Waals surface area (Å²) in [6.45, 7) is 4.97. The molecule has 0 radical (unpaired) electrons. The van der Waals surface area contributed by atoms with E-state index in [0.717, 1.165) is 19.6 Å². The number of aliphatic hydroxyl groups excluding tert-OH is 1. The lowest BCUT2D eigenvalue weighted by Gasteiger charge is -2.14. The molecule has 0 aromatic carbocycles. The minimum absolute atomic E-state index is 0.0625. The highest BCUT2D eigenvalue weighted by molar-refractivity contribution is 4.62. The van der Waals surface area contributed by atoms with E-state index < -0.39 is 0 Å². The van der Waals surface area contributed by atoms with Crippen molar-refractivity contribution in [1.82, 2.24) is 5.32 Å². The van der Waals surface area contributed by atoms with Crippen LogP contribution in [0.25, 0.3) is 0 Å². The first-order valence-electron chi connectivity index (χ1n) is 4.76. The van der Waals surface area contributed by atoms with Gasteiger partial charge < -0.3 is 19.9 Å². The van der Waals surface area contributed by atoms with E-state index in [1.165, 1.54) is 0 Å². The number of ether oxygens (including phenoxy) is 2. The zero-order chi connectivity index (χ0) is 9.94. The number of hydrogen-bond donors (Lipinski definition) is 2. The van der Waals surface area contributed by atoms with Crippen molar-refractivity contribution >= 4 is 0 Å². The Kier molecular flexibility index (Phi) is 9.80. The summed E-state index contributed by atoms with van der Waals surface area (Å²) in [6.07, 6.45) is 0.904. The molecule has 80 valence electrons. The van der Waals surface area contributed by atoms with Crippen LogP contribution in [0.1, 0.15) is 13.3 Å². The predicted octanol–water partition coefficient (Wildman–Crippen LogP) is 0.00990. The summed E-state index contributed by atoms with van der Waals surface area (Å²) in [7, 11) is 1.68. The third-order valence-corrected chi connectivity index (χ3v) is 1.67. The summed E-state index contributed by atoms with van der Waals surface area (Å²) in [6, 6.07) is 0.0625. The van der Waals surface area contributed by atoms with Crippen molar-refractivity contribution in [2.75, 3.05) is 40.1 Å². The number of hydrogen-bond acceptors (Lipinski definition) is 4. The topological polar surface area (TPSA) is 50.7 Å². The molecule has 4 nitrogen and oxygen atoms in total. The largest absolute Gasteiger partial charge is 0.395 e. The van der Waals surface area contributed by atoms with Crippen molar-refractivity contribution in [2.24, 2.45) is 0 Å². The van der Waals surface area contributed by atoms with Crippen LogP contribution in [0.2, 0.25) is 0 Å². The lowest BCUT2D eigenvalue weighted by atomic mass is 10.3. The Bertz CT molecular complexity index is 101. The highest BCUT2D eigenvalue weighted by Crippen LogP contribution is 1.88. The van der Waals surface area contributed by atoms with Crippen molar-refractivity contribution in [1.29, 1.82) is 0 Å². The third-order valence-electron chi connectivity index (χ3n) is 1.67. The lowest BCUT2D eigenvalue weighted by molar-refractivity contribution is 0.0729. The van der Waals surface area contributed by atoms with Crippen molar-refractivity contribution in [3.8, 4) is 0 Å². The fraction of sp³-hybridized carbons (Fsp3) is 1.00. The van der Waals surface area contributed by atoms with E-state index in [9.17, 15) is 0 Å². The number of aliphatic hydroxyl groups is 1. The molecule has 0 aromatic heterocycles. The minimum atomic E-state index is 0.0625. The molecule has 0 amide bonds. The van der Waals surface area contributed by atoms with Crippen LogP contribution in [0.4, 0.5) is 0 Å². The maximum atomic E-state index is 8.89. The zero-order valence-electron chi connectivity index (χ0n) is 8.58. The van der Waals surface area contributed by atoms with Crippen molar-refractivity contribution in [2.45, 2.75) is 19.4 Å². The molecule has 2 N–H and O–H groups in total. The summed E-state index contributed by atoms with van der Waals surface area (Å²) >= 11 is 0. The lowest BCUT2D eigenvalue weighted by Crippen LogP contribution is -2.36. The molecule has 0 fully saturated rings. The normalized spacial score (nSPS) is 13.2. The first kappa shape index (κ1) is 12.8. The maximum absolute atomic E-state index is 8.89. The van der Waals surface area contributed by atoms with Crippen molar-refractivity contribution < 1.29 is 14.6 Å². The van der Waals surface area contributed by atoms with Crippen LogP contribution in [0, 0.1) is 0 Å². The summed E-state index contributed by atoms with van der Waals surface area (Å²) in [5.41, 5.74) is 0. The summed E-state index contributed by atoms with van der Waals surface area (Å²) in [5.74, 6) is 0. The molecule has 0 aromatic rings. The van der Waals surface area contributed by atoms with E-state index in [1.54, 1.807) is 7.11 Å². The van der Waals surface area contributed by atoms with E-state index in [2.05, 4.69) is 5.32 Å². The molecule has 13 heavy (non-hydrogen) atoms. The first-order chi connectivity index (χ1) is 6.35. The second-order valence-corrected chi connectivity index (χ2v) is 2.86. The molecular weight excluding hydrogens is 170 g/mol. The van der Waals surface area contributed by atoms with Gasteiger partial charge >= 0.3 is 0 Å². The molecule has 0 saturated heterocycles. The molecule has 0 heterocycles. The molecule has 0 rings (SSSR count). The molecule has 0 saturated carbocycles. The fourth-order valence-electron chi connectivity index (χ4n) is 0.996. The van der Waals surface area contributed by atoms with Gasteiger partial charge in [0.15, 0.2) is 0 Å². The van der Waals surface area contributed by atoms with Gasteiger partial charge in [0.2, 0.25) is 0 Å². The number of methoxy groups -OCH3 is 1. The predicted molar refractivity (Wildman–Crippen MR) is 51.9 cm³/mol. The highest BCUT2D eigenvalue weighted by atomic mass is 16.5. The van der Waals surface area contributed by atoms with E-state index in [4.69, 9.17) is 14.6 Å². The van der Waals surface area contributed by atoms with Crippen molar-refractivity contribution in [3.05, 3.63) is 0 Å². The maximum Gasteiger partial charge on any atom is 0.0642 e. The van der Waals surface area contributed by atoms with Gasteiger partial charge in [-0.05, 0) is 13.0 Å². The standard InChI is InChI=1S/C9H21NO3/c1-3-10-9(7-11)8-13-6-4-5-12-2/h9-11H,3-8H2,1-2H3. The van der Waals surface area contributed by atoms with Gasteiger partial charge in [-0.2, -0.15) is 0 Å². The van der Waals surface area contributed by atoms with Crippen LogP contribution in [0.3, 0.4) is 0 Å². The van der Waals surface area contributed by atoms with Gasteiger partial charge in [0, 0.05) is 20.3 Å². The molecule has 1 atom stereocenters. The van der Waals surface area contributed by atoms with Gasteiger partial charge in [0.05, 0.1) is 19.3 Å². The molecule has 0 aliphatic rings. The van der Waals surface area contributed by atoms with Gasteiger partial charge in [0.25, 0.3) is 0 Å². The second kappa shape index (κ2) is 9.92. The van der Waals surface area contributed by atoms with Gasteiger partial charge in [0.1, 0.15) is 0 Å². The highest BCUT2D eigenvalue weighted by Gasteiger charge is 2.04. The SMILES string of the molecule is CCNC(CO)COCCCOC. The van der Waals surface area contributed by atoms with Gasteiger partial charge in [-0.3, -0.25) is 0 Å². The molecule has 0 spiro atoms. The van der Waals surface area contributed by atoms with Gasteiger partial charge in [-0.15, -0.1) is 0 Å². The Hall–Kier alpha value is -0.160. The number of likely N-dealkylation sites (N-methyl/N-ethyl adjacent to an activating group) is 1. The Labute approximate surface area is 80.2 Å². The van der Waals surface area contributed by atoms with Crippen LogP contribution >= 0.6 is 0 Å². The quantitative estimate of drug-likeness (QED) is 0.504. The summed E-state index contributed by atoms with van der Waals surface area (Å²) in [4.78, 5) is 0. The van der Waals surface area contributed by atoms with E-state index in [1.807, 2.05) is 6.92 Å². The summed E-state index contributed by atoms with van der Waals surface area (Å²) in [5, 5.41) is 12.0. The average Bonchev–Trinajstić information content (AvgIpc) is 2.16. The van der Waals surface area contributed by atoms with Crippen LogP contribution < -0.4 is 5.32 Å². The number of rotatable bonds is 9. The van der Waals surface area contributed by atoms with Crippen LogP contribution in [0.5, 0.6) is 0 Å². The second-order valence-electron chi connectivity index (χ2n) is 2.86. The Morgan fingerprint density at radius 2 is 2.15 bits per heavy atom. The zero-order valence-corrected chi connectivity index (χ0v) is 8.58. The molecule has 1 unspecified atom stereocenters. The molecule has 0 aliphatic carbocycles. The van der Waals surface area contributed by atoms with Crippen LogP contribution in [-0.2, 0) is 9.47 Å². The number of nitrogens with one attached hydrogen (secondary N) is 1. The third kappa shape index (κ3) is 8.18. The van der Waals surface area contributed by atoms with Crippen molar-refractivity contribution in [3.63, 3.8) is 0 Å². The van der Waals surface area contributed by atoms with E-state index >= 15 is 0 Å². The van der Waals surface area contributed by atoms with E-state index in [0.29, 0.717) is 13.2 Å².